The minimum atomic E-state index is -2.42. The number of aliphatic carboxylic acids is 1. The summed E-state index contributed by atoms with van der Waals surface area (Å²) in [5, 5.41) is 18.1. The van der Waals surface area contributed by atoms with Gasteiger partial charge in [-0.2, -0.15) is 0 Å². The van der Waals surface area contributed by atoms with Crippen molar-refractivity contribution in [1.29, 1.82) is 0 Å². The second kappa shape index (κ2) is 5.49. The normalized spacial score (nSPS) is 13.9. The molecule has 0 radical (unpaired) electrons. The van der Waals surface area contributed by atoms with Gasteiger partial charge >= 0.3 is 5.97 Å². The number of carboxylic acids is 1. The highest BCUT2D eigenvalue weighted by atomic mass is 19.1. The van der Waals surface area contributed by atoms with E-state index in [4.69, 9.17) is 14.6 Å². The summed E-state index contributed by atoms with van der Waals surface area (Å²) in [6.45, 7) is 0. The monoisotopic (exact) mass is 244 g/mol. The van der Waals surface area contributed by atoms with E-state index >= 15 is 0 Å². The van der Waals surface area contributed by atoms with Crippen molar-refractivity contribution in [2.24, 2.45) is 0 Å². The molecule has 94 valence electrons. The third kappa shape index (κ3) is 2.85. The number of aliphatic hydroxyl groups excluding tert-OH is 1. The maximum atomic E-state index is 13.2. The Morgan fingerprint density at radius 1 is 1.35 bits per heavy atom. The first-order valence-electron chi connectivity index (χ1n) is 4.78. The zero-order valence-electron chi connectivity index (χ0n) is 9.38. The number of carboxylic acid groups (broad SMARTS) is 1. The van der Waals surface area contributed by atoms with Gasteiger partial charge in [0.05, 0.1) is 14.2 Å². The van der Waals surface area contributed by atoms with Crippen LogP contribution in [0.5, 0.6) is 11.5 Å². The third-order valence-electron chi connectivity index (χ3n) is 2.27. The summed E-state index contributed by atoms with van der Waals surface area (Å²) < 4.78 is 23.0. The van der Waals surface area contributed by atoms with Crippen molar-refractivity contribution in [3.05, 3.63) is 23.8 Å². The lowest BCUT2D eigenvalue weighted by atomic mass is 10.0. The first-order valence-corrected chi connectivity index (χ1v) is 4.78. The third-order valence-corrected chi connectivity index (χ3v) is 2.27. The van der Waals surface area contributed by atoms with E-state index in [1.165, 1.54) is 26.4 Å². The quantitative estimate of drug-likeness (QED) is 0.812. The van der Waals surface area contributed by atoms with Crippen LogP contribution in [-0.2, 0) is 4.79 Å². The predicted octanol–water partition coefficient (Wildman–Crippen LogP) is 1.16. The van der Waals surface area contributed by atoms with Gasteiger partial charge in [0.15, 0.2) is 0 Å². The highest BCUT2D eigenvalue weighted by molar-refractivity contribution is 5.73. The van der Waals surface area contributed by atoms with Gasteiger partial charge in [0.1, 0.15) is 17.6 Å². The van der Waals surface area contributed by atoms with Gasteiger partial charge in [-0.1, -0.05) is 0 Å². The standard InChI is InChI=1S/C11H13FO5/c1-16-6-3-4-8(17-2)7(5-6)10(13)9(12)11(14)15/h3-5,9-10,13H,1-2H3,(H,14,15). The van der Waals surface area contributed by atoms with E-state index in [1.807, 2.05) is 0 Å². The molecule has 2 N–H and O–H groups in total. The molecule has 0 fully saturated rings. The van der Waals surface area contributed by atoms with Crippen molar-refractivity contribution in [1.82, 2.24) is 0 Å². The molecule has 2 atom stereocenters. The Labute approximate surface area is 97.4 Å². The lowest BCUT2D eigenvalue weighted by molar-refractivity contribution is -0.147. The van der Waals surface area contributed by atoms with Crippen molar-refractivity contribution in [2.75, 3.05) is 14.2 Å². The molecule has 0 amide bonds. The molecule has 1 rings (SSSR count). The van der Waals surface area contributed by atoms with Crippen LogP contribution in [0.25, 0.3) is 0 Å². The molecule has 0 saturated carbocycles. The van der Waals surface area contributed by atoms with Crippen molar-refractivity contribution in [2.45, 2.75) is 12.3 Å². The second-order valence-electron chi connectivity index (χ2n) is 3.29. The van der Waals surface area contributed by atoms with Crippen LogP contribution in [0.15, 0.2) is 18.2 Å². The summed E-state index contributed by atoms with van der Waals surface area (Å²) in [4.78, 5) is 10.5. The van der Waals surface area contributed by atoms with Gasteiger partial charge in [-0.05, 0) is 18.2 Å². The lowest BCUT2D eigenvalue weighted by Gasteiger charge is -2.16. The molecule has 0 saturated heterocycles. The number of methoxy groups -OCH3 is 2. The van der Waals surface area contributed by atoms with Crippen LogP contribution in [0.4, 0.5) is 4.39 Å². The number of aliphatic hydroxyl groups is 1. The topological polar surface area (TPSA) is 76.0 Å². The molecule has 0 bridgehead atoms. The van der Waals surface area contributed by atoms with E-state index in [2.05, 4.69) is 0 Å². The first kappa shape index (κ1) is 13.2. The van der Waals surface area contributed by atoms with Crippen LogP contribution < -0.4 is 9.47 Å². The Morgan fingerprint density at radius 3 is 2.47 bits per heavy atom. The number of hydrogen-bond donors (Lipinski definition) is 2. The summed E-state index contributed by atoms with van der Waals surface area (Å²) in [5.41, 5.74) is 0.0294. The molecule has 1 aromatic carbocycles. The van der Waals surface area contributed by atoms with Crippen LogP contribution in [0.3, 0.4) is 0 Å². The van der Waals surface area contributed by atoms with Crippen LogP contribution in [0, 0.1) is 0 Å². The molecule has 0 aromatic heterocycles. The van der Waals surface area contributed by atoms with Crippen molar-refractivity contribution >= 4 is 5.97 Å². The van der Waals surface area contributed by atoms with Gasteiger partial charge in [-0.15, -0.1) is 0 Å². The van der Waals surface area contributed by atoms with Crippen molar-refractivity contribution in [3.63, 3.8) is 0 Å². The zero-order chi connectivity index (χ0) is 13.0. The molecule has 5 nitrogen and oxygen atoms in total. The molecule has 17 heavy (non-hydrogen) atoms. The van der Waals surface area contributed by atoms with Gasteiger partial charge in [-0.25, -0.2) is 9.18 Å². The number of rotatable bonds is 5. The fourth-order valence-electron chi connectivity index (χ4n) is 1.36. The minimum absolute atomic E-state index is 0.0294. The highest BCUT2D eigenvalue weighted by Gasteiger charge is 2.29. The van der Waals surface area contributed by atoms with E-state index < -0.39 is 18.2 Å². The Hall–Kier alpha value is -1.82. The molecule has 6 heteroatoms. The van der Waals surface area contributed by atoms with Crippen LogP contribution >= 0.6 is 0 Å². The molecule has 0 aliphatic heterocycles. The molecule has 0 spiro atoms. The van der Waals surface area contributed by atoms with E-state index in [0.717, 1.165) is 0 Å². The Morgan fingerprint density at radius 2 is 2.00 bits per heavy atom. The average molecular weight is 244 g/mol. The molecular weight excluding hydrogens is 231 g/mol. The summed E-state index contributed by atoms with van der Waals surface area (Å²) in [5.74, 6) is -1.16. The molecule has 0 heterocycles. The van der Waals surface area contributed by atoms with Gasteiger partial charge in [0, 0.05) is 5.56 Å². The predicted molar refractivity (Wildman–Crippen MR) is 57.0 cm³/mol. The molecular formula is C11H13FO5. The molecule has 0 aliphatic rings. The smallest absolute Gasteiger partial charge is 0.341 e. The lowest BCUT2D eigenvalue weighted by Crippen LogP contribution is -2.23. The number of alkyl halides is 1. The SMILES string of the molecule is COc1ccc(OC)c(C(O)C(F)C(=O)O)c1. The number of hydrogen-bond acceptors (Lipinski definition) is 4. The molecule has 2 unspecified atom stereocenters. The van der Waals surface area contributed by atoms with E-state index in [0.29, 0.717) is 5.75 Å². The van der Waals surface area contributed by atoms with Crippen LogP contribution in [0.2, 0.25) is 0 Å². The van der Waals surface area contributed by atoms with E-state index in [1.54, 1.807) is 6.07 Å². The van der Waals surface area contributed by atoms with Crippen LogP contribution in [-0.4, -0.2) is 36.6 Å². The maximum absolute atomic E-state index is 13.2. The molecule has 0 aliphatic carbocycles. The fraction of sp³-hybridized carbons (Fsp3) is 0.364. The second-order valence-corrected chi connectivity index (χ2v) is 3.29. The van der Waals surface area contributed by atoms with Gasteiger partial charge in [-0.3, -0.25) is 0 Å². The van der Waals surface area contributed by atoms with E-state index in [-0.39, 0.29) is 11.3 Å². The summed E-state index contributed by atoms with van der Waals surface area (Å²) in [7, 11) is 2.74. The Balaban J connectivity index is 3.13. The molecule has 1 aromatic rings. The number of carbonyl (C=O) groups is 1. The van der Waals surface area contributed by atoms with Gasteiger partial charge in [0.25, 0.3) is 0 Å². The Bertz CT molecular complexity index is 407. The van der Waals surface area contributed by atoms with Crippen molar-refractivity contribution < 1.29 is 28.9 Å². The Kier molecular flexibility index (Phi) is 4.28. The maximum Gasteiger partial charge on any atom is 0.341 e. The largest absolute Gasteiger partial charge is 0.497 e. The summed E-state index contributed by atoms with van der Waals surface area (Å²) >= 11 is 0. The fourth-order valence-corrected chi connectivity index (χ4v) is 1.36. The average Bonchev–Trinajstić information content (AvgIpc) is 2.35. The number of halogens is 1. The van der Waals surface area contributed by atoms with Crippen LogP contribution in [0.1, 0.15) is 11.7 Å². The van der Waals surface area contributed by atoms with Crippen molar-refractivity contribution in [3.8, 4) is 11.5 Å². The number of ether oxygens (including phenoxy) is 2. The number of benzene rings is 1. The zero-order valence-corrected chi connectivity index (χ0v) is 9.38. The van der Waals surface area contributed by atoms with E-state index in [9.17, 15) is 14.3 Å². The summed E-state index contributed by atoms with van der Waals surface area (Å²) in [6.07, 6.45) is -4.23. The summed E-state index contributed by atoms with van der Waals surface area (Å²) in [6, 6.07) is 4.36. The van der Waals surface area contributed by atoms with Gasteiger partial charge < -0.3 is 19.7 Å². The first-order chi connectivity index (χ1) is 8.01. The highest BCUT2D eigenvalue weighted by Crippen LogP contribution is 2.32. The van der Waals surface area contributed by atoms with Gasteiger partial charge in [0.2, 0.25) is 6.17 Å². The minimum Gasteiger partial charge on any atom is -0.497 e.